The molecule has 0 aliphatic rings. The van der Waals surface area contributed by atoms with E-state index in [9.17, 15) is 18.5 Å². The summed E-state index contributed by atoms with van der Waals surface area (Å²) in [6.45, 7) is 3.22. The van der Waals surface area contributed by atoms with Crippen LogP contribution in [-0.2, 0) is 10.0 Å². The normalized spacial score (nSPS) is 11.9. The number of nitrogens with one attached hydrogen (secondary N) is 1. The Hall–Kier alpha value is -3.52. The lowest BCUT2D eigenvalue weighted by Crippen LogP contribution is -2.20. The van der Waals surface area contributed by atoms with Crippen molar-refractivity contribution in [3.8, 4) is 11.1 Å². The monoisotopic (exact) mass is 409 g/mol. The van der Waals surface area contributed by atoms with E-state index < -0.39 is 14.9 Å². The fourth-order valence-electron chi connectivity index (χ4n) is 2.73. The van der Waals surface area contributed by atoms with E-state index in [2.05, 4.69) is 9.93 Å². The molecular formula is C21H19N3O4S. The van der Waals surface area contributed by atoms with Gasteiger partial charge in [0.25, 0.3) is 15.7 Å². The van der Waals surface area contributed by atoms with Crippen molar-refractivity contribution in [1.29, 1.82) is 0 Å². The Balaban J connectivity index is 1.80. The molecule has 0 fully saturated rings. The van der Waals surface area contributed by atoms with E-state index in [1.165, 1.54) is 12.1 Å². The minimum Gasteiger partial charge on any atom is -0.258 e. The molecule has 1 N–H and O–H groups in total. The molecule has 0 spiro atoms. The molecule has 3 aromatic rings. The van der Waals surface area contributed by atoms with Gasteiger partial charge in [-0.1, -0.05) is 60.7 Å². The summed E-state index contributed by atoms with van der Waals surface area (Å²) in [6, 6.07) is 21.2. The Labute approximate surface area is 168 Å². The minimum absolute atomic E-state index is 0.217. The lowest BCUT2D eigenvalue weighted by Gasteiger charge is -2.07. The summed E-state index contributed by atoms with van der Waals surface area (Å²) >= 11 is 0. The number of nitro benzene ring substituents is 1. The largest absolute Gasteiger partial charge is 0.276 e. The summed E-state index contributed by atoms with van der Waals surface area (Å²) in [5.74, 6) is 0. The summed E-state index contributed by atoms with van der Waals surface area (Å²) in [5, 5.41) is 15.0. The number of hydrazone groups is 1. The molecule has 0 unspecified atom stereocenters. The van der Waals surface area contributed by atoms with E-state index in [0.717, 1.165) is 22.8 Å². The van der Waals surface area contributed by atoms with Gasteiger partial charge in [0.05, 0.1) is 15.5 Å². The SMILES string of the molecule is C/C(=N\NS(=O)(=O)c1ccc(C)c([N+](=O)[O-])c1)c1ccc(-c2ccccc2)cc1. The third-order valence-corrected chi connectivity index (χ3v) is 5.64. The van der Waals surface area contributed by atoms with Crippen LogP contribution in [0, 0.1) is 17.0 Å². The van der Waals surface area contributed by atoms with Gasteiger partial charge in [-0.05, 0) is 36.6 Å². The van der Waals surface area contributed by atoms with Gasteiger partial charge in [0.1, 0.15) is 0 Å². The van der Waals surface area contributed by atoms with Gasteiger partial charge >= 0.3 is 0 Å². The van der Waals surface area contributed by atoms with E-state index in [4.69, 9.17) is 0 Å². The summed E-state index contributed by atoms with van der Waals surface area (Å²) in [4.78, 5) is 12.4. The Kier molecular flexibility index (Phi) is 5.74. The maximum atomic E-state index is 12.5. The summed E-state index contributed by atoms with van der Waals surface area (Å²) < 4.78 is 24.9. The van der Waals surface area contributed by atoms with Crippen molar-refractivity contribution >= 4 is 21.4 Å². The van der Waals surface area contributed by atoms with Crippen LogP contribution in [0.15, 0.2) is 82.8 Å². The van der Waals surface area contributed by atoms with E-state index in [1.807, 2.05) is 54.6 Å². The number of aryl methyl sites for hydroxylation is 1. The molecule has 0 saturated heterocycles. The van der Waals surface area contributed by atoms with Crippen molar-refractivity contribution in [2.24, 2.45) is 5.10 Å². The molecule has 29 heavy (non-hydrogen) atoms. The van der Waals surface area contributed by atoms with Crippen molar-refractivity contribution in [2.45, 2.75) is 18.7 Å². The van der Waals surface area contributed by atoms with Crippen LogP contribution in [0.5, 0.6) is 0 Å². The van der Waals surface area contributed by atoms with Gasteiger partial charge in [-0.3, -0.25) is 10.1 Å². The van der Waals surface area contributed by atoms with Gasteiger partial charge in [0.2, 0.25) is 0 Å². The highest BCUT2D eigenvalue weighted by Crippen LogP contribution is 2.22. The Morgan fingerprint density at radius 3 is 2.21 bits per heavy atom. The second-order valence-electron chi connectivity index (χ2n) is 6.44. The van der Waals surface area contributed by atoms with Crippen LogP contribution in [0.4, 0.5) is 5.69 Å². The highest BCUT2D eigenvalue weighted by atomic mass is 32.2. The topological polar surface area (TPSA) is 102 Å². The molecule has 0 amide bonds. The number of sulfonamides is 1. The predicted octanol–water partition coefficient (Wildman–Crippen LogP) is 4.27. The van der Waals surface area contributed by atoms with Crippen LogP contribution in [0.1, 0.15) is 18.1 Å². The van der Waals surface area contributed by atoms with Crippen LogP contribution in [0.3, 0.4) is 0 Å². The molecular weight excluding hydrogens is 390 g/mol. The van der Waals surface area contributed by atoms with Crippen LogP contribution in [-0.4, -0.2) is 19.1 Å². The molecule has 0 aliphatic heterocycles. The molecule has 0 aromatic heterocycles. The van der Waals surface area contributed by atoms with Crippen molar-refractivity contribution in [1.82, 2.24) is 4.83 Å². The Morgan fingerprint density at radius 1 is 0.966 bits per heavy atom. The summed E-state index contributed by atoms with van der Waals surface area (Å²) in [5.41, 5.74) is 3.46. The van der Waals surface area contributed by atoms with Gasteiger partial charge in [0, 0.05) is 11.6 Å². The fourth-order valence-corrected chi connectivity index (χ4v) is 3.61. The number of nitrogens with zero attached hydrogens (tertiary/aromatic N) is 2. The summed E-state index contributed by atoms with van der Waals surface area (Å²) in [7, 11) is -4.03. The molecule has 0 aliphatic carbocycles. The van der Waals surface area contributed by atoms with Crippen molar-refractivity contribution < 1.29 is 13.3 Å². The molecule has 3 aromatic carbocycles. The molecule has 8 heteroatoms. The van der Waals surface area contributed by atoms with E-state index in [-0.39, 0.29) is 10.6 Å². The highest BCUT2D eigenvalue weighted by Gasteiger charge is 2.19. The molecule has 3 rings (SSSR count). The predicted molar refractivity (Wildman–Crippen MR) is 112 cm³/mol. The first kappa shape index (κ1) is 20.2. The second-order valence-corrected chi connectivity index (χ2v) is 8.10. The first-order chi connectivity index (χ1) is 13.8. The molecule has 0 heterocycles. The number of nitro groups is 1. The van der Waals surface area contributed by atoms with Crippen LogP contribution in [0.2, 0.25) is 0 Å². The van der Waals surface area contributed by atoms with Crippen LogP contribution in [0.25, 0.3) is 11.1 Å². The standard InChI is InChI=1S/C21H19N3O4S/c1-15-8-13-20(14-21(15)24(25)26)29(27,28)23-22-16(2)17-9-11-19(12-10-17)18-6-4-3-5-7-18/h3-14,23H,1-2H3/b22-16+. The lowest BCUT2D eigenvalue weighted by molar-refractivity contribution is -0.385. The first-order valence-electron chi connectivity index (χ1n) is 8.75. The van der Waals surface area contributed by atoms with Crippen LogP contribution < -0.4 is 4.83 Å². The van der Waals surface area contributed by atoms with Gasteiger partial charge in [-0.25, -0.2) is 0 Å². The quantitative estimate of drug-likeness (QED) is 0.373. The molecule has 0 saturated carbocycles. The van der Waals surface area contributed by atoms with Crippen molar-refractivity contribution in [2.75, 3.05) is 0 Å². The second kappa shape index (κ2) is 8.24. The number of rotatable bonds is 6. The zero-order chi connectivity index (χ0) is 21.0. The van der Waals surface area contributed by atoms with E-state index in [1.54, 1.807) is 13.8 Å². The number of benzene rings is 3. The maximum absolute atomic E-state index is 12.5. The smallest absolute Gasteiger partial charge is 0.258 e. The van der Waals surface area contributed by atoms with Gasteiger partial charge < -0.3 is 0 Å². The van der Waals surface area contributed by atoms with E-state index >= 15 is 0 Å². The zero-order valence-corrected chi connectivity index (χ0v) is 16.7. The fraction of sp³-hybridized carbons (Fsp3) is 0.0952. The average molecular weight is 409 g/mol. The summed E-state index contributed by atoms with van der Waals surface area (Å²) in [6.07, 6.45) is 0. The Bertz CT molecular complexity index is 1170. The lowest BCUT2D eigenvalue weighted by atomic mass is 10.0. The van der Waals surface area contributed by atoms with Crippen molar-refractivity contribution in [3.05, 3.63) is 94.0 Å². The molecule has 7 nitrogen and oxygen atoms in total. The molecule has 0 radical (unpaired) electrons. The highest BCUT2D eigenvalue weighted by molar-refractivity contribution is 7.89. The van der Waals surface area contributed by atoms with Gasteiger partial charge in [-0.2, -0.15) is 18.4 Å². The first-order valence-corrected chi connectivity index (χ1v) is 10.2. The number of hydrogen-bond donors (Lipinski definition) is 1. The van der Waals surface area contributed by atoms with Crippen LogP contribution >= 0.6 is 0 Å². The zero-order valence-electron chi connectivity index (χ0n) is 15.9. The average Bonchev–Trinajstić information content (AvgIpc) is 2.73. The van der Waals surface area contributed by atoms with Gasteiger partial charge in [0.15, 0.2) is 0 Å². The molecule has 0 bridgehead atoms. The number of hydrogen-bond acceptors (Lipinski definition) is 5. The molecule has 148 valence electrons. The van der Waals surface area contributed by atoms with E-state index in [0.29, 0.717) is 11.3 Å². The van der Waals surface area contributed by atoms with Gasteiger partial charge in [-0.15, -0.1) is 0 Å². The maximum Gasteiger partial charge on any atom is 0.276 e. The van der Waals surface area contributed by atoms with Crippen molar-refractivity contribution in [3.63, 3.8) is 0 Å². The molecule has 0 atom stereocenters. The Morgan fingerprint density at radius 2 is 1.59 bits per heavy atom. The minimum atomic E-state index is -4.03. The third-order valence-electron chi connectivity index (χ3n) is 4.43. The third kappa shape index (κ3) is 4.67.